The van der Waals surface area contributed by atoms with Gasteiger partial charge < -0.3 is 25.3 Å². The molecule has 0 spiro atoms. The van der Waals surface area contributed by atoms with Crippen LogP contribution < -0.4 is 4.90 Å². The van der Waals surface area contributed by atoms with E-state index in [-0.39, 0.29) is 0 Å². The van der Waals surface area contributed by atoms with Crippen molar-refractivity contribution in [3.05, 3.63) is 335 Å². The van der Waals surface area contributed by atoms with Crippen LogP contribution in [-0.4, -0.2) is 44.3 Å². The first-order valence-electron chi connectivity index (χ1n) is 25.6. The summed E-state index contributed by atoms with van der Waals surface area (Å²) in [5.74, 6) is -5.34. The van der Waals surface area contributed by atoms with Crippen LogP contribution in [0.5, 0.6) is 0 Å². The van der Waals surface area contributed by atoms with Gasteiger partial charge in [-0.3, -0.25) is 19.2 Å². The molecule has 84 heavy (non-hydrogen) atoms. The van der Waals surface area contributed by atoms with Crippen molar-refractivity contribution in [3.63, 3.8) is 0 Å². The van der Waals surface area contributed by atoms with Crippen LogP contribution in [0, 0.1) is 26.3 Å². The van der Waals surface area contributed by atoms with Gasteiger partial charge in [0.1, 0.15) is 0 Å². The van der Waals surface area contributed by atoms with Crippen LogP contribution in [0.2, 0.25) is 0 Å². The Balaban J connectivity index is 1.21. The number of benzene rings is 8. The van der Waals surface area contributed by atoms with Gasteiger partial charge in [0.15, 0.2) is 0 Å². The first kappa shape index (κ1) is 57.7. The molecule has 404 valence electrons. The van der Waals surface area contributed by atoms with E-state index < -0.39 is 46.7 Å². The van der Waals surface area contributed by atoms with Crippen molar-refractivity contribution in [1.82, 2.24) is 0 Å². The molecule has 0 radical (unpaired) electrons. The van der Waals surface area contributed by atoms with Crippen molar-refractivity contribution in [1.29, 1.82) is 0 Å². The standard InChI is InChI=1S/C71H47N5O8/c1-46(54-9-7-6-8-10-54)39-47-19-33-59(34-20-47)76(60-35-21-48(22-36-60)40-62(55-25-11-50(12-26-55)42-64(72-2)68(77)78)56-27-13-51(14-28-56)43-65(73-3)69(79)80)61-37-23-49(24-38-61)41-63(57-29-15-52(16-30-57)44-66(74-4)70(81)82)58-31-17-53(18-32-58)45-67(75-5)71(83)84/h6-45H,1H3,(H,77,78)(H,79,80)(H,81,82)(H,83,84). The highest BCUT2D eigenvalue weighted by Crippen LogP contribution is 2.37. The lowest BCUT2D eigenvalue weighted by Crippen LogP contribution is -2.09. The molecule has 4 N–H and O–H groups in total. The van der Waals surface area contributed by atoms with E-state index in [0.29, 0.717) is 22.3 Å². The van der Waals surface area contributed by atoms with Crippen LogP contribution in [0.1, 0.15) is 73.7 Å². The van der Waals surface area contributed by atoms with Crippen LogP contribution in [0.25, 0.3) is 78.6 Å². The van der Waals surface area contributed by atoms with Gasteiger partial charge in [0.05, 0.1) is 26.3 Å². The number of nitrogens with zero attached hydrogens (tertiary/aromatic N) is 5. The van der Waals surface area contributed by atoms with Gasteiger partial charge in [0.2, 0.25) is 0 Å². The molecule has 0 unspecified atom stereocenters. The third-order valence-electron chi connectivity index (χ3n) is 13.1. The zero-order valence-electron chi connectivity index (χ0n) is 44.8. The molecule has 13 nitrogen and oxygen atoms in total. The van der Waals surface area contributed by atoms with Gasteiger partial charge in [-0.05, 0) is 163 Å². The maximum atomic E-state index is 11.6. The lowest BCUT2D eigenvalue weighted by atomic mass is 9.94. The van der Waals surface area contributed by atoms with Gasteiger partial charge in [-0.25, -0.2) is 19.4 Å². The fourth-order valence-corrected chi connectivity index (χ4v) is 8.87. The molecule has 0 aliphatic rings. The molecular formula is C71H47N5O8. The Morgan fingerprint density at radius 1 is 0.310 bits per heavy atom. The zero-order valence-corrected chi connectivity index (χ0v) is 44.8. The summed E-state index contributed by atoms with van der Waals surface area (Å²) in [7, 11) is 0. The molecule has 0 saturated carbocycles. The van der Waals surface area contributed by atoms with E-state index in [1.54, 1.807) is 48.5 Å². The van der Waals surface area contributed by atoms with Crippen LogP contribution in [0.15, 0.2) is 223 Å². The SMILES string of the molecule is [C-]#[N+]C(=Cc1ccc(C(=Cc2ccc(N(c3ccc(C=C(C)c4ccccc4)cc3)c3ccc(C=C(c4ccc(C=C([N+]#[C-])C(=O)O)cc4)c4ccc(C=C([N+]#[C-])C(=O)O)cc4)cc3)cc2)c2ccc(C=C([N+]#[C-])C(=O)O)cc2)cc1)C(=O)O. The Kier molecular flexibility index (Phi) is 18.5. The molecule has 0 aliphatic heterocycles. The number of aliphatic carboxylic acids is 4. The molecule has 0 bridgehead atoms. The minimum atomic E-state index is -1.33. The monoisotopic (exact) mass is 1100 g/mol. The van der Waals surface area contributed by atoms with Crippen LogP contribution in [-0.2, 0) is 19.2 Å². The average Bonchev–Trinajstić information content (AvgIpc) is 3.61. The van der Waals surface area contributed by atoms with Crippen molar-refractivity contribution < 1.29 is 39.6 Å². The topological polar surface area (TPSA) is 170 Å². The quantitative estimate of drug-likeness (QED) is 0.0350. The smallest absolute Gasteiger partial charge is 0.333 e. The highest BCUT2D eigenvalue weighted by molar-refractivity contribution is 5.98. The second-order valence-electron chi connectivity index (χ2n) is 18.7. The maximum absolute atomic E-state index is 11.6. The molecule has 0 saturated heterocycles. The van der Waals surface area contributed by atoms with Crippen LogP contribution in [0.3, 0.4) is 0 Å². The molecular weight excluding hydrogens is 1050 g/mol. The minimum absolute atomic E-state index is 0.428. The van der Waals surface area contributed by atoms with Gasteiger partial charge in [-0.1, -0.05) is 170 Å². The van der Waals surface area contributed by atoms with E-state index in [1.807, 2.05) is 127 Å². The number of hydrogen-bond donors (Lipinski definition) is 4. The summed E-state index contributed by atoms with van der Waals surface area (Å²) in [6.07, 6.45) is 11.3. The van der Waals surface area contributed by atoms with E-state index in [4.69, 9.17) is 26.3 Å². The average molecular weight is 1100 g/mol. The Morgan fingerprint density at radius 2 is 0.536 bits per heavy atom. The normalized spacial score (nSPS) is 11.6. The van der Waals surface area contributed by atoms with Gasteiger partial charge >= 0.3 is 23.9 Å². The number of hydrogen-bond acceptors (Lipinski definition) is 5. The molecule has 8 aromatic carbocycles. The molecule has 8 aromatic rings. The van der Waals surface area contributed by atoms with E-state index in [9.17, 15) is 39.6 Å². The number of carboxylic acids is 4. The zero-order chi connectivity index (χ0) is 59.7. The second kappa shape index (κ2) is 27.0. The largest absolute Gasteiger partial charge is 0.486 e. The number of rotatable bonds is 19. The molecule has 0 atom stereocenters. The number of anilines is 3. The molecule has 13 heteroatoms. The summed E-state index contributed by atoms with van der Waals surface area (Å²) >= 11 is 0. The summed E-state index contributed by atoms with van der Waals surface area (Å²) in [6, 6.07) is 62.7. The molecule has 0 heterocycles. The highest BCUT2D eigenvalue weighted by Gasteiger charge is 2.16. The van der Waals surface area contributed by atoms with Crippen molar-refractivity contribution >= 4 is 100 Å². The predicted octanol–water partition coefficient (Wildman–Crippen LogP) is 16.3. The van der Waals surface area contributed by atoms with Crippen molar-refractivity contribution in [2.45, 2.75) is 6.92 Å². The van der Waals surface area contributed by atoms with E-state index in [0.717, 1.165) is 78.3 Å². The van der Waals surface area contributed by atoms with Gasteiger partial charge in [-0.2, -0.15) is 0 Å². The first-order chi connectivity index (χ1) is 40.6. The number of allylic oxidation sites excluding steroid dienone is 1. The van der Waals surface area contributed by atoms with Crippen LogP contribution in [0.4, 0.5) is 17.1 Å². The molecule has 0 aliphatic carbocycles. The summed E-state index contributed by atoms with van der Waals surface area (Å²) in [6.45, 7) is 31.3. The third-order valence-corrected chi connectivity index (χ3v) is 13.1. The lowest BCUT2D eigenvalue weighted by Gasteiger charge is -2.26. The summed E-state index contributed by atoms with van der Waals surface area (Å²) < 4.78 is 0. The summed E-state index contributed by atoms with van der Waals surface area (Å²) in [5, 5.41) is 37.9. The Morgan fingerprint density at radius 3 is 0.774 bits per heavy atom. The van der Waals surface area contributed by atoms with E-state index in [1.165, 1.54) is 24.3 Å². The van der Waals surface area contributed by atoms with Gasteiger partial charge in [0, 0.05) is 17.1 Å². The van der Waals surface area contributed by atoms with Crippen molar-refractivity contribution in [3.8, 4) is 0 Å². The Hall–Kier alpha value is -12.4. The summed E-state index contributed by atoms with van der Waals surface area (Å²) in [4.78, 5) is 61.1. The molecule has 0 amide bonds. The minimum Gasteiger partial charge on any atom is -0.486 e. The highest BCUT2D eigenvalue weighted by atomic mass is 16.4. The Bertz CT molecular complexity index is 3820. The Labute approximate surface area is 484 Å². The molecule has 0 fully saturated rings. The summed E-state index contributed by atoms with van der Waals surface area (Å²) in [5.41, 5.74) is 12.4. The van der Waals surface area contributed by atoms with Gasteiger partial charge in [0.25, 0.3) is 22.8 Å². The van der Waals surface area contributed by atoms with Gasteiger partial charge in [-0.15, -0.1) is 0 Å². The fourth-order valence-electron chi connectivity index (χ4n) is 8.87. The second-order valence-corrected chi connectivity index (χ2v) is 18.7. The fraction of sp³-hybridized carbons (Fsp3) is 0.0141. The number of carbonyl (C=O) groups is 4. The molecule has 8 rings (SSSR count). The van der Waals surface area contributed by atoms with Crippen LogP contribution >= 0.6 is 0 Å². The predicted molar refractivity (Wildman–Crippen MR) is 330 cm³/mol. The number of carboxylic acid groups (broad SMARTS) is 4. The van der Waals surface area contributed by atoms with Crippen molar-refractivity contribution in [2.24, 2.45) is 0 Å². The van der Waals surface area contributed by atoms with E-state index in [2.05, 4.69) is 73.7 Å². The first-order valence-corrected chi connectivity index (χ1v) is 25.6. The lowest BCUT2D eigenvalue weighted by molar-refractivity contribution is -0.133. The van der Waals surface area contributed by atoms with Crippen molar-refractivity contribution in [2.75, 3.05) is 4.90 Å². The van der Waals surface area contributed by atoms with E-state index >= 15 is 0 Å². The molecule has 0 aromatic heterocycles. The maximum Gasteiger partial charge on any atom is 0.333 e. The third kappa shape index (κ3) is 14.6.